The standard InChI is InChI=1S/C14H29N3O.HI/c1-3-10-16-14(15-2)17-11-12-18-13-8-6-4-5-7-9-13;/h13H,3-12H2,1-2H3,(H2,15,16,17);1H. The molecule has 0 aliphatic heterocycles. The Bertz CT molecular complexity index is 229. The van der Waals surface area contributed by atoms with Crippen molar-refractivity contribution in [2.45, 2.75) is 58.0 Å². The van der Waals surface area contributed by atoms with Crippen LogP contribution in [-0.2, 0) is 4.74 Å². The molecule has 0 radical (unpaired) electrons. The second kappa shape index (κ2) is 13.0. The van der Waals surface area contributed by atoms with Crippen molar-refractivity contribution >= 4 is 29.9 Å². The van der Waals surface area contributed by atoms with Crippen LogP contribution < -0.4 is 10.6 Å². The summed E-state index contributed by atoms with van der Waals surface area (Å²) in [6, 6.07) is 0. The Balaban J connectivity index is 0.00000324. The first kappa shape index (κ1) is 19.0. The van der Waals surface area contributed by atoms with Crippen LogP contribution >= 0.6 is 24.0 Å². The third-order valence-corrected chi connectivity index (χ3v) is 3.32. The lowest BCUT2D eigenvalue weighted by Crippen LogP contribution is -2.39. The first-order chi connectivity index (χ1) is 8.86. The van der Waals surface area contributed by atoms with Crippen molar-refractivity contribution in [1.82, 2.24) is 10.6 Å². The van der Waals surface area contributed by atoms with E-state index < -0.39 is 0 Å². The van der Waals surface area contributed by atoms with Crippen molar-refractivity contribution in [3.8, 4) is 0 Å². The monoisotopic (exact) mass is 383 g/mol. The Hall–Kier alpha value is -0.0400. The van der Waals surface area contributed by atoms with E-state index in [0.29, 0.717) is 6.10 Å². The lowest BCUT2D eigenvalue weighted by molar-refractivity contribution is 0.0468. The fraction of sp³-hybridized carbons (Fsp3) is 0.929. The summed E-state index contributed by atoms with van der Waals surface area (Å²) in [6.45, 7) is 4.72. The highest BCUT2D eigenvalue weighted by atomic mass is 127. The van der Waals surface area contributed by atoms with Gasteiger partial charge in [0.15, 0.2) is 5.96 Å². The number of aliphatic imine (C=N–C) groups is 1. The predicted octanol–water partition coefficient (Wildman–Crippen LogP) is 2.92. The first-order valence-corrected chi connectivity index (χ1v) is 7.43. The number of hydrogen-bond acceptors (Lipinski definition) is 2. The molecule has 5 heteroatoms. The SMILES string of the molecule is CCCNC(=NC)NCCOC1CCCCCC1.I. The topological polar surface area (TPSA) is 45.7 Å². The molecule has 1 rings (SSSR count). The molecule has 4 nitrogen and oxygen atoms in total. The number of rotatable bonds is 6. The van der Waals surface area contributed by atoms with Crippen LogP contribution in [0.4, 0.5) is 0 Å². The molecule has 0 heterocycles. The van der Waals surface area contributed by atoms with E-state index in [1.54, 1.807) is 7.05 Å². The van der Waals surface area contributed by atoms with Crippen molar-refractivity contribution in [3.05, 3.63) is 0 Å². The summed E-state index contributed by atoms with van der Waals surface area (Å²) >= 11 is 0. The Morgan fingerprint density at radius 2 is 1.74 bits per heavy atom. The zero-order chi connectivity index (χ0) is 13.1. The maximum absolute atomic E-state index is 5.92. The predicted molar refractivity (Wildman–Crippen MR) is 92.5 cm³/mol. The summed E-state index contributed by atoms with van der Waals surface area (Å²) in [4.78, 5) is 4.16. The van der Waals surface area contributed by atoms with Gasteiger partial charge in [0.1, 0.15) is 0 Å². The largest absolute Gasteiger partial charge is 0.376 e. The van der Waals surface area contributed by atoms with Gasteiger partial charge in [0.05, 0.1) is 12.7 Å². The lowest BCUT2D eigenvalue weighted by atomic mass is 10.1. The van der Waals surface area contributed by atoms with E-state index in [1.165, 1.54) is 38.5 Å². The lowest BCUT2D eigenvalue weighted by Gasteiger charge is -2.16. The van der Waals surface area contributed by atoms with Gasteiger partial charge in [0.25, 0.3) is 0 Å². The molecule has 1 fully saturated rings. The van der Waals surface area contributed by atoms with Gasteiger partial charge in [-0.3, -0.25) is 4.99 Å². The van der Waals surface area contributed by atoms with Crippen molar-refractivity contribution in [1.29, 1.82) is 0 Å². The normalized spacial score (nSPS) is 17.5. The molecule has 0 amide bonds. The number of guanidine groups is 1. The zero-order valence-electron chi connectivity index (χ0n) is 12.4. The highest BCUT2D eigenvalue weighted by Crippen LogP contribution is 2.19. The van der Waals surface area contributed by atoms with E-state index in [2.05, 4.69) is 22.5 Å². The first-order valence-electron chi connectivity index (χ1n) is 7.43. The Morgan fingerprint density at radius 3 is 2.32 bits per heavy atom. The van der Waals surface area contributed by atoms with Gasteiger partial charge in [-0.05, 0) is 19.3 Å². The average molecular weight is 383 g/mol. The Kier molecular flexibility index (Phi) is 12.9. The molecule has 0 aromatic carbocycles. The number of nitrogens with one attached hydrogen (secondary N) is 2. The quantitative estimate of drug-likeness (QED) is 0.244. The third-order valence-electron chi connectivity index (χ3n) is 3.32. The van der Waals surface area contributed by atoms with Crippen molar-refractivity contribution < 1.29 is 4.74 Å². The zero-order valence-corrected chi connectivity index (χ0v) is 14.7. The second-order valence-electron chi connectivity index (χ2n) is 4.91. The number of nitrogens with zero attached hydrogens (tertiary/aromatic N) is 1. The minimum atomic E-state index is 0. The van der Waals surface area contributed by atoms with Gasteiger partial charge in [-0.25, -0.2) is 0 Å². The molecule has 0 aromatic rings. The van der Waals surface area contributed by atoms with Crippen molar-refractivity contribution in [3.63, 3.8) is 0 Å². The Labute approximate surface area is 135 Å². The van der Waals surface area contributed by atoms with Gasteiger partial charge >= 0.3 is 0 Å². The van der Waals surface area contributed by atoms with Gasteiger partial charge in [0.2, 0.25) is 0 Å². The van der Waals surface area contributed by atoms with E-state index in [4.69, 9.17) is 4.74 Å². The molecule has 0 atom stereocenters. The molecular weight excluding hydrogens is 353 g/mol. The molecule has 1 aliphatic rings. The van der Waals surface area contributed by atoms with Crippen LogP contribution in [0.5, 0.6) is 0 Å². The minimum absolute atomic E-state index is 0. The Morgan fingerprint density at radius 1 is 1.11 bits per heavy atom. The summed E-state index contributed by atoms with van der Waals surface area (Å²) in [7, 11) is 1.80. The van der Waals surface area contributed by atoms with Gasteiger partial charge in [0, 0.05) is 20.1 Å². The molecule has 1 saturated carbocycles. The van der Waals surface area contributed by atoms with Crippen LogP contribution in [-0.4, -0.2) is 38.8 Å². The number of ether oxygens (including phenoxy) is 1. The van der Waals surface area contributed by atoms with Gasteiger partial charge in [-0.1, -0.05) is 32.6 Å². The van der Waals surface area contributed by atoms with Crippen LogP contribution in [0.2, 0.25) is 0 Å². The van der Waals surface area contributed by atoms with E-state index >= 15 is 0 Å². The fourth-order valence-corrected chi connectivity index (χ4v) is 2.27. The molecule has 0 aromatic heterocycles. The third kappa shape index (κ3) is 9.49. The summed E-state index contributed by atoms with van der Waals surface area (Å²) < 4.78 is 5.92. The van der Waals surface area contributed by atoms with Crippen molar-refractivity contribution in [2.24, 2.45) is 4.99 Å². The molecule has 19 heavy (non-hydrogen) atoms. The van der Waals surface area contributed by atoms with Gasteiger partial charge in [-0.2, -0.15) is 0 Å². The molecule has 1 aliphatic carbocycles. The highest BCUT2D eigenvalue weighted by Gasteiger charge is 2.11. The number of hydrogen-bond donors (Lipinski definition) is 2. The molecule has 0 saturated heterocycles. The summed E-state index contributed by atoms with van der Waals surface area (Å²) in [5, 5.41) is 6.52. The van der Waals surface area contributed by atoms with E-state index in [9.17, 15) is 0 Å². The number of halogens is 1. The van der Waals surface area contributed by atoms with E-state index in [-0.39, 0.29) is 24.0 Å². The van der Waals surface area contributed by atoms with E-state index in [0.717, 1.165) is 32.1 Å². The minimum Gasteiger partial charge on any atom is -0.376 e. The van der Waals surface area contributed by atoms with Crippen LogP contribution in [0.3, 0.4) is 0 Å². The summed E-state index contributed by atoms with van der Waals surface area (Å²) in [6.07, 6.45) is 9.50. The smallest absolute Gasteiger partial charge is 0.191 e. The highest BCUT2D eigenvalue weighted by molar-refractivity contribution is 14.0. The molecule has 0 unspecified atom stereocenters. The molecule has 0 spiro atoms. The second-order valence-corrected chi connectivity index (χ2v) is 4.91. The van der Waals surface area contributed by atoms with Crippen LogP contribution in [0, 0.1) is 0 Å². The summed E-state index contributed by atoms with van der Waals surface area (Å²) in [5.74, 6) is 0.876. The van der Waals surface area contributed by atoms with Crippen LogP contribution in [0.25, 0.3) is 0 Å². The molecule has 0 bridgehead atoms. The maximum atomic E-state index is 5.92. The maximum Gasteiger partial charge on any atom is 0.191 e. The van der Waals surface area contributed by atoms with Crippen molar-refractivity contribution in [2.75, 3.05) is 26.7 Å². The van der Waals surface area contributed by atoms with Crippen LogP contribution in [0.1, 0.15) is 51.9 Å². The molecule has 2 N–H and O–H groups in total. The average Bonchev–Trinajstić information content (AvgIpc) is 2.66. The van der Waals surface area contributed by atoms with Gasteiger partial charge < -0.3 is 15.4 Å². The fourth-order valence-electron chi connectivity index (χ4n) is 2.27. The molecular formula is C14H30IN3O. The van der Waals surface area contributed by atoms with Crippen LogP contribution in [0.15, 0.2) is 4.99 Å². The van der Waals surface area contributed by atoms with E-state index in [1.807, 2.05) is 0 Å². The summed E-state index contributed by atoms with van der Waals surface area (Å²) in [5.41, 5.74) is 0. The molecule has 114 valence electrons. The van der Waals surface area contributed by atoms with Gasteiger partial charge in [-0.15, -0.1) is 24.0 Å².